The Morgan fingerprint density at radius 2 is 2.05 bits per heavy atom. The van der Waals surface area contributed by atoms with Gasteiger partial charge >= 0.3 is 6.01 Å². The summed E-state index contributed by atoms with van der Waals surface area (Å²) in [6.07, 6.45) is 0.877. The van der Waals surface area contributed by atoms with Crippen LogP contribution in [0.3, 0.4) is 0 Å². The molecule has 2 heterocycles. The molecule has 0 radical (unpaired) electrons. The van der Waals surface area contributed by atoms with Crippen molar-refractivity contribution in [3.63, 3.8) is 0 Å². The number of benzene rings is 1. The Morgan fingerprint density at radius 1 is 1.19 bits per heavy atom. The standard InChI is InChI=1S/C13H15N7O/c1-3-8-21-13-16-11(14-2)15-12(17-13)20-10-7-5-4-6-9(10)18-19-20/h4-7H,3,8H2,1-2H3,(H,14,15,16,17). The molecule has 1 N–H and O–H groups in total. The van der Waals surface area contributed by atoms with Gasteiger partial charge in [-0.15, -0.1) is 5.10 Å². The van der Waals surface area contributed by atoms with Gasteiger partial charge in [0.05, 0.1) is 12.1 Å². The van der Waals surface area contributed by atoms with E-state index in [0.29, 0.717) is 18.5 Å². The van der Waals surface area contributed by atoms with E-state index in [4.69, 9.17) is 4.74 Å². The lowest BCUT2D eigenvalue weighted by molar-refractivity contribution is 0.291. The van der Waals surface area contributed by atoms with Crippen LogP contribution in [0.25, 0.3) is 17.0 Å². The number of nitrogens with one attached hydrogen (secondary N) is 1. The van der Waals surface area contributed by atoms with Gasteiger partial charge in [-0.2, -0.15) is 19.6 Å². The van der Waals surface area contributed by atoms with E-state index < -0.39 is 0 Å². The third-order valence-electron chi connectivity index (χ3n) is 2.80. The Bertz CT molecular complexity index is 755. The number of aromatic nitrogens is 6. The fourth-order valence-corrected chi connectivity index (χ4v) is 1.83. The summed E-state index contributed by atoms with van der Waals surface area (Å²) in [7, 11) is 1.74. The number of para-hydroxylation sites is 1. The summed E-state index contributed by atoms with van der Waals surface area (Å²) < 4.78 is 7.05. The van der Waals surface area contributed by atoms with Crippen LogP contribution >= 0.6 is 0 Å². The lowest BCUT2D eigenvalue weighted by Gasteiger charge is -2.07. The normalized spacial score (nSPS) is 10.8. The van der Waals surface area contributed by atoms with Gasteiger partial charge in [-0.25, -0.2) is 0 Å². The Morgan fingerprint density at radius 3 is 2.86 bits per heavy atom. The van der Waals surface area contributed by atoms with Crippen molar-refractivity contribution in [1.29, 1.82) is 0 Å². The van der Waals surface area contributed by atoms with E-state index in [1.165, 1.54) is 0 Å². The first-order valence-electron chi connectivity index (χ1n) is 6.69. The monoisotopic (exact) mass is 285 g/mol. The van der Waals surface area contributed by atoms with E-state index in [2.05, 4.69) is 30.6 Å². The fraction of sp³-hybridized carbons (Fsp3) is 0.308. The quantitative estimate of drug-likeness (QED) is 0.758. The molecule has 0 saturated heterocycles. The average molecular weight is 285 g/mol. The minimum absolute atomic E-state index is 0.269. The minimum Gasteiger partial charge on any atom is -0.463 e. The van der Waals surface area contributed by atoms with E-state index in [-0.39, 0.29) is 6.01 Å². The van der Waals surface area contributed by atoms with Crippen LogP contribution in [0.15, 0.2) is 24.3 Å². The largest absolute Gasteiger partial charge is 0.463 e. The molecule has 8 nitrogen and oxygen atoms in total. The van der Waals surface area contributed by atoms with Crippen LogP contribution in [0.4, 0.5) is 5.95 Å². The van der Waals surface area contributed by atoms with Crippen molar-refractivity contribution < 1.29 is 4.74 Å². The van der Waals surface area contributed by atoms with E-state index in [1.54, 1.807) is 11.7 Å². The third-order valence-corrected chi connectivity index (χ3v) is 2.80. The molecule has 21 heavy (non-hydrogen) atoms. The van der Waals surface area contributed by atoms with E-state index in [9.17, 15) is 0 Å². The summed E-state index contributed by atoms with van der Waals surface area (Å²) in [6, 6.07) is 7.88. The molecule has 0 aliphatic rings. The fourth-order valence-electron chi connectivity index (χ4n) is 1.83. The predicted octanol–water partition coefficient (Wildman–Crippen LogP) is 1.44. The molecule has 0 spiro atoms. The summed E-state index contributed by atoms with van der Waals surface area (Å²) in [5, 5.41) is 11.1. The smallest absolute Gasteiger partial charge is 0.323 e. The lowest BCUT2D eigenvalue weighted by Crippen LogP contribution is -2.10. The third kappa shape index (κ3) is 2.60. The van der Waals surface area contributed by atoms with Crippen LogP contribution in [-0.4, -0.2) is 43.6 Å². The maximum Gasteiger partial charge on any atom is 0.323 e. The molecule has 0 unspecified atom stereocenters. The number of anilines is 1. The van der Waals surface area contributed by atoms with E-state index in [1.807, 2.05) is 31.2 Å². The SMILES string of the molecule is CCCOc1nc(NC)nc(-n2nnc3ccccc32)n1. The predicted molar refractivity (Wildman–Crippen MR) is 77.6 cm³/mol. The molecule has 1 aromatic carbocycles. The summed E-state index contributed by atoms with van der Waals surface area (Å²) in [6.45, 7) is 2.57. The van der Waals surface area contributed by atoms with Gasteiger partial charge < -0.3 is 10.1 Å². The zero-order chi connectivity index (χ0) is 14.7. The summed E-state index contributed by atoms with van der Waals surface area (Å²) in [5.74, 6) is 0.792. The van der Waals surface area contributed by atoms with Crippen molar-refractivity contribution in [1.82, 2.24) is 29.9 Å². The Balaban J connectivity index is 2.08. The Kier molecular flexibility index (Phi) is 3.59. The van der Waals surface area contributed by atoms with Crippen molar-refractivity contribution in [3.8, 4) is 12.0 Å². The highest BCUT2D eigenvalue weighted by atomic mass is 16.5. The molecule has 0 atom stereocenters. The molecule has 0 amide bonds. The molecule has 0 saturated carbocycles. The van der Waals surface area contributed by atoms with Crippen LogP contribution in [0.2, 0.25) is 0 Å². The maximum absolute atomic E-state index is 5.48. The van der Waals surface area contributed by atoms with Gasteiger partial charge in [-0.3, -0.25) is 0 Å². The second-order valence-corrected chi connectivity index (χ2v) is 4.33. The molecular weight excluding hydrogens is 270 g/mol. The van der Waals surface area contributed by atoms with Crippen LogP contribution < -0.4 is 10.1 Å². The van der Waals surface area contributed by atoms with Gasteiger partial charge in [0.25, 0.3) is 5.95 Å². The first-order valence-corrected chi connectivity index (χ1v) is 6.69. The topological polar surface area (TPSA) is 90.6 Å². The number of ether oxygens (including phenoxy) is 1. The highest BCUT2D eigenvalue weighted by molar-refractivity contribution is 5.75. The zero-order valence-corrected chi connectivity index (χ0v) is 11.8. The van der Waals surface area contributed by atoms with Crippen molar-refractivity contribution in [2.24, 2.45) is 0 Å². The van der Waals surface area contributed by atoms with Crippen molar-refractivity contribution in [2.45, 2.75) is 13.3 Å². The van der Waals surface area contributed by atoms with Gasteiger partial charge in [0.2, 0.25) is 5.95 Å². The molecule has 0 aliphatic heterocycles. The number of rotatable bonds is 5. The number of nitrogens with zero attached hydrogens (tertiary/aromatic N) is 6. The maximum atomic E-state index is 5.48. The van der Waals surface area contributed by atoms with Crippen LogP contribution in [0, 0.1) is 0 Å². The van der Waals surface area contributed by atoms with Gasteiger partial charge in [0.15, 0.2) is 0 Å². The molecule has 3 rings (SSSR count). The van der Waals surface area contributed by atoms with E-state index in [0.717, 1.165) is 17.5 Å². The molecule has 8 heteroatoms. The molecule has 2 aromatic heterocycles. The Labute approximate surface area is 121 Å². The average Bonchev–Trinajstić information content (AvgIpc) is 2.96. The van der Waals surface area contributed by atoms with Gasteiger partial charge in [0.1, 0.15) is 5.52 Å². The first-order chi connectivity index (χ1) is 10.3. The van der Waals surface area contributed by atoms with Gasteiger partial charge in [0, 0.05) is 7.05 Å². The summed E-state index contributed by atoms with van der Waals surface area (Å²) >= 11 is 0. The van der Waals surface area contributed by atoms with Crippen LogP contribution in [0.1, 0.15) is 13.3 Å². The van der Waals surface area contributed by atoms with Crippen LogP contribution in [-0.2, 0) is 0 Å². The highest BCUT2D eigenvalue weighted by Gasteiger charge is 2.12. The van der Waals surface area contributed by atoms with Crippen molar-refractivity contribution in [2.75, 3.05) is 19.0 Å². The molecule has 0 fully saturated rings. The minimum atomic E-state index is 0.269. The van der Waals surface area contributed by atoms with Gasteiger partial charge in [-0.05, 0) is 18.6 Å². The van der Waals surface area contributed by atoms with Crippen LogP contribution in [0.5, 0.6) is 6.01 Å². The number of hydrogen-bond acceptors (Lipinski definition) is 7. The van der Waals surface area contributed by atoms with E-state index >= 15 is 0 Å². The summed E-state index contributed by atoms with van der Waals surface area (Å²) in [4.78, 5) is 12.7. The second-order valence-electron chi connectivity index (χ2n) is 4.33. The second kappa shape index (κ2) is 5.70. The molecular formula is C13H15N7O. The highest BCUT2D eigenvalue weighted by Crippen LogP contribution is 2.16. The molecule has 0 aliphatic carbocycles. The lowest BCUT2D eigenvalue weighted by atomic mass is 10.3. The van der Waals surface area contributed by atoms with Crippen molar-refractivity contribution >= 4 is 17.0 Å². The molecule has 108 valence electrons. The Hall–Kier alpha value is -2.77. The van der Waals surface area contributed by atoms with Gasteiger partial charge in [-0.1, -0.05) is 24.3 Å². The first kappa shape index (κ1) is 13.2. The summed E-state index contributed by atoms with van der Waals surface area (Å²) in [5.41, 5.74) is 1.60. The molecule has 0 bridgehead atoms. The van der Waals surface area contributed by atoms with Crippen molar-refractivity contribution in [3.05, 3.63) is 24.3 Å². The number of fused-ring (bicyclic) bond motifs is 1. The molecule has 3 aromatic rings. The zero-order valence-electron chi connectivity index (χ0n) is 11.8. The number of hydrogen-bond donors (Lipinski definition) is 1.